The molecule has 1 aliphatic rings. The van der Waals surface area contributed by atoms with Crippen LogP contribution in [0.1, 0.15) is 46.6 Å². The van der Waals surface area contributed by atoms with E-state index in [1.165, 1.54) is 31.5 Å². The van der Waals surface area contributed by atoms with Crippen LogP contribution >= 0.6 is 0 Å². The number of nitrogens with zero attached hydrogens (tertiary/aromatic N) is 2. The lowest BCUT2D eigenvalue weighted by Crippen LogP contribution is -2.32. The van der Waals surface area contributed by atoms with Gasteiger partial charge < -0.3 is 14.8 Å². The lowest BCUT2D eigenvalue weighted by atomic mass is 9.94. The summed E-state index contributed by atoms with van der Waals surface area (Å²) in [6.07, 6.45) is 3.57. The van der Waals surface area contributed by atoms with Gasteiger partial charge in [-0.3, -0.25) is 4.79 Å². The molecule has 0 unspecified atom stereocenters. The van der Waals surface area contributed by atoms with E-state index >= 15 is 0 Å². The lowest BCUT2D eigenvalue weighted by Gasteiger charge is -2.28. The third kappa shape index (κ3) is 4.01. The molecule has 26 heavy (non-hydrogen) atoms. The van der Waals surface area contributed by atoms with Crippen molar-refractivity contribution in [3.8, 4) is 5.69 Å². The predicted octanol–water partition coefficient (Wildman–Crippen LogP) is 3.86. The molecule has 4 nitrogen and oxygen atoms in total. The van der Waals surface area contributed by atoms with E-state index in [-0.39, 0.29) is 5.91 Å². The van der Waals surface area contributed by atoms with Gasteiger partial charge in [0.2, 0.25) is 0 Å². The second-order valence-corrected chi connectivity index (χ2v) is 7.70. The number of para-hydroxylation sites is 1. The van der Waals surface area contributed by atoms with E-state index in [1.54, 1.807) is 0 Å². The number of likely N-dealkylation sites (tertiary alicyclic amines) is 1. The van der Waals surface area contributed by atoms with Crippen molar-refractivity contribution < 1.29 is 4.79 Å². The zero-order valence-corrected chi connectivity index (χ0v) is 16.5. The van der Waals surface area contributed by atoms with Crippen molar-refractivity contribution in [3.05, 3.63) is 52.8 Å². The molecule has 2 aromatic rings. The molecule has 1 amide bonds. The summed E-state index contributed by atoms with van der Waals surface area (Å²) >= 11 is 0. The number of piperidine rings is 1. The number of amides is 1. The number of aryl methyl sites for hydroxylation is 2. The Kier molecular flexibility index (Phi) is 5.82. The summed E-state index contributed by atoms with van der Waals surface area (Å²) in [5, 5.41) is 3.14. The van der Waals surface area contributed by atoms with Crippen LogP contribution < -0.4 is 5.32 Å². The first kappa shape index (κ1) is 18.7. The first-order valence-corrected chi connectivity index (χ1v) is 9.69. The fourth-order valence-corrected chi connectivity index (χ4v) is 4.01. The quantitative estimate of drug-likeness (QED) is 0.886. The van der Waals surface area contributed by atoms with Crippen LogP contribution in [0.15, 0.2) is 30.3 Å². The Bertz CT molecular complexity index is 770. The van der Waals surface area contributed by atoms with Crippen LogP contribution in [0.4, 0.5) is 0 Å². The third-order valence-corrected chi connectivity index (χ3v) is 5.71. The van der Waals surface area contributed by atoms with Crippen molar-refractivity contribution in [2.24, 2.45) is 5.92 Å². The molecule has 0 aliphatic carbocycles. The summed E-state index contributed by atoms with van der Waals surface area (Å²) in [7, 11) is 2.18. The van der Waals surface area contributed by atoms with Gasteiger partial charge in [-0.2, -0.15) is 0 Å². The Morgan fingerprint density at radius 3 is 2.54 bits per heavy atom. The highest BCUT2D eigenvalue weighted by molar-refractivity contribution is 5.95. The van der Waals surface area contributed by atoms with Crippen LogP contribution in [0.25, 0.3) is 5.69 Å². The van der Waals surface area contributed by atoms with Crippen molar-refractivity contribution in [2.75, 3.05) is 26.7 Å². The highest BCUT2D eigenvalue weighted by atomic mass is 16.1. The maximum atomic E-state index is 12.7. The van der Waals surface area contributed by atoms with E-state index in [0.717, 1.165) is 41.5 Å². The van der Waals surface area contributed by atoms with Gasteiger partial charge in [0, 0.05) is 23.6 Å². The molecule has 1 saturated heterocycles. The predicted molar refractivity (Wildman–Crippen MR) is 107 cm³/mol. The minimum atomic E-state index is 0.0471. The van der Waals surface area contributed by atoms with Gasteiger partial charge in [0.05, 0.1) is 5.56 Å². The van der Waals surface area contributed by atoms with Crippen molar-refractivity contribution in [1.29, 1.82) is 0 Å². The molecular formula is C22H31N3O. The highest BCUT2D eigenvalue weighted by Crippen LogP contribution is 2.23. The second-order valence-electron chi connectivity index (χ2n) is 7.70. The molecule has 1 aliphatic heterocycles. The number of benzene rings is 1. The minimum absolute atomic E-state index is 0.0471. The molecule has 0 atom stereocenters. The number of aromatic nitrogens is 1. The second kappa shape index (κ2) is 8.09. The van der Waals surface area contributed by atoms with E-state index in [4.69, 9.17) is 0 Å². The SMILES string of the molecule is Cc1ccccc1-n1c(C)cc(C(=O)NCCC2CCN(C)CC2)c1C. The van der Waals surface area contributed by atoms with Crippen molar-refractivity contribution in [3.63, 3.8) is 0 Å². The molecule has 3 rings (SSSR count). The molecule has 140 valence electrons. The van der Waals surface area contributed by atoms with Gasteiger partial charge in [-0.05, 0) is 83.8 Å². The van der Waals surface area contributed by atoms with Gasteiger partial charge in [-0.25, -0.2) is 0 Å². The van der Waals surface area contributed by atoms with Crippen LogP contribution in [-0.4, -0.2) is 42.1 Å². The molecule has 0 spiro atoms. The minimum Gasteiger partial charge on any atom is -0.352 e. The summed E-state index contributed by atoms with van der Waals surface area (Å²) in [6.45, 7) is 9.32. The number of nitrogens with one attached hydrogen (secondary N) is 1. The lowest BCUT2D eigenvalue weighted by molar-refractivity contribution is 0.0948. The first-order chi connectivity index (χ1) is 12.5. The average molecular weight is 354 g/mol. The Balaban J connectivity index is 1.65. The van der Waals surface area contributed by atoms with Crippen LogP contribution in [0.2, 0.25) is 0 Å². The molecule has 0 radical (unpaired) electrons. The number of hydrogen-bond donors (Lipinski definition) is 1. The number of carbonyl (C=O) groups is 1. The monoisotopic (exact) mass is 353 g/mol. The summed E-state index contributed by atoms with van der Waals surface area (Å²) in [6, 6.07) is 10.3. The summed E-state index contributed by atoms with van der Waals surface area (Å²) in [4.78, 5) is 15.1. The maximum absolute atomic E-state index is 12.7. The van der Waals surface area contributed by atoms with Gasteiger partial charge in [0.25, 0.3) is 5.91 Å². The Morgan fingerprint density at radius 1 is 1.15 bits per heavy atom. The molecule has 0 bridgehead atoms. The molecule has 1 aromatic carbocycles. The molecule has 2 heterocycles. The van der Waals surface area contributed by atoms with Crippen molar-refractivity contribution in [1.82, 2.24) is 14.8 Å². The Hall–Kier alpha value is -2.07. The third-order valence-electron chi connectivity index (χ3n) is 5.71. The Labute approximate surface area is 157 Å². The largest absolute Gasteiger partial charge is 0.352 e. The van der Waals surface area contributed by atoms with Gasteiger partial charge in [-0.15, -0.1) is 0 Å². The first-order valence-electron chi connectivity index (χ1n) is 9.69. The van der Waals surface area contributed by atoms with E-state index in [1.807, 2.05) is 25.1 Å². The van der Waals surface area contributed by atoms with E-state index < -0.39 is 0 Å². The topological polar surface area (TPSA) is 37.3 Å². The van der Waals surface area contributed by atoms with Crippen LogP contribution in [-0.2, 0) is 0 Å². The van der Waals surface area contributed by atoms with Crippen LogP contribution in [0, 0.1) is 26.7 Å². The fraction of sp³-hybridized carbons (Fsp3) is 0.500. The fourth-order valence-electron chi connectivity index (χ4n) is 4.01. The smallest absolute Gasteiger partial charge is 0.253 e. The normalized spacial score (nSPS) is 16.0. The molecule has 1 N–H and O–H groups in total. The zero-order chi connectivity index (χ0) is 18.7. The molecule has 1 aromatic heterocycles. The number of carbonyl (C=O) groups excluding carboxylic acids is 1. The molecule has 0 saturated carbocycles. The average Bonchev–Trinajstić information content (AvgIpc) is 2.92. The highest BCUT2D eigenvalue weighted by Gasteiger charge is 2.19. The van der Waals surface area contributed by atoms with Gasteiger partial charge in [0.1, 0.15) is 0 Å². The summed E-state index contributed by atoms with van der Waals surface area (Å²) in [5.41, 5.74) is 5.25. The standard InChI is InChI=1S/C22H31N3O/c1-16-7-5-6-8-21(16)25-17(2)15-20(18(25)3)22(26)23-12-9-19-10-13-24(4)14-11-19/h5-8,15,19H,9-14H2,1-4H3,(H,23,26). The van der Waals surface area contributed by atoms with Crippen LogP contribution in [0.3, 0.4) is 0 Å². The van der Waals surface area contributed by atoms with E-state index in [0.29, 0.717) is 0 Å². The van der Waals surface area contributed by atoms with Crippen molar-refractivity contribution in [2.45, 2.75) is 40.0 Å². The molecule has 1 fully saturated rings. The van der Waals surface area contributed by atoms with Gasteiger partial charge >= 0.3 is 0 Å². The van der Waals surface area contributed by atoms with Crippen molar-refractivity contribution >= 4 is 5.91 Å². The van der Waals surface area contributed by atoms with Gasteiger partial charge in [0.15, 0.2) is 0 Å². The molecule has 4 heteroatoms. The molecular weight excluding hydrogens is 322 g/mol. The van der Waals surface area contributed by atoms with E-state index in [2.05, 4.69) is 47.8 Å². The zero-order valence-electron chi connectivity index (χ0n) is 16.5. The van der Waals surface area contributed by atoms with E-state index in [9.17, 15) is 4.79 Å². The number of hydrogen-bond acceptors (Lipinski definition) is 2. The maximum Gasteiger partial charge on any atom is 0.253 e. The summed E-state index contributed by atoms with van der Waals surface area (Å²) < 4.78 is 2.18. The summed E-state index contributed by atoms with van der Waals surface area (Å²) in [5.74, 6) is 0.789. The van der Waals surface area contributed by atoms with Crippen LogP contribution in [0.5, 0.6) is 0 Å². The number of rotatable bonds is 5. The van der Waals surface area contributed by atoms with Gasteiger partial charge in [-0.1, -0.05) is 18.2 Å². The Morgan fingerprint density at radius 2 is 1.85 bits per heavy atom.